The molecule has 0 heterocycles. The van der Waals surface area contributed by atoms with E-state index in [4.69, 9.17) is 4.74 Å². The molecule has 214 valence electrons. The third-order valence-electron chi connectivity index (χ3n) is 6.06. The fraction of sp³-hybridized carbons (Fsp3) is 0.500. The van der Waals surface area contributed by atoms with Crippen LogP contribution in [0.3, 0.4) is 0 Å². The number of benzene rings is 2. The third-order valence-corrected chi connectivity index (χ3v) is 6.06. The summed E-state index contributed by atoms with van der Waals surface area (Å²) in [6, 6.07) is 16.7. The maximum absolute atomic E-state index is 13.3. The van der Waals surface area contributed by atoms with Crippen LogP contribution in [0.1, 0.15) is 59.1 Å². The monoisotopic (exact) mass is 541 g/mol. The number of ether oxygens (including phenoxy) is 1. The largest absolute Gasteiger partial charge is 0.465 e. The molecule has 0 aliphatic rings. The molecule has 9 heteroatoms. The van der Waals surface area contributed by atoms with Crippen molar-refractivity contribution < 1.29 is 29.3 Å². The minimum atomic E-state index is -1.31. The van der Waals surface area contributed by atoms with E-state index in [9.17, 15) is 24.6 Å². The highest BCUT2D eigenvalue weighted by molar-refractivity contribution is 5.86. The Hall–Kier alpha value is -3.59. The van der Waals surface area contributed by atoms with Gasteiger partial charge in [-0.25, -0.2) is 9.59 Å². The highest BCUT2D eigenvalue weighted by atomic mass is 16.6. The normalized spacial score (nSPS) is 14.8. The van der Waals surface area contributed by atoms with E-state index in [1.807, 2.05) is 60.7 Å². The summed E-state index contributed by atoms with van der Waals surface area (Å²) in [6.45, 7) is 10.6. The molecule has 0 aromatic heterocycles. The number of carboxylic acid groups (broad SMARTS) is 1. The van der Waals surface area contributed by atoms with Gasteiger partial charge in [0.05, 0.1) is 12.1 Å². The fourth-order valence-electron chi connectivity index (χ4n) is 4.24. The molecule has 0 bridgehead atoms. The number of hydrogen-bond acceptors (Lipinski definition) is 5. The van der Waals surface area contributed by atoms with E-state index in [0.717, 1.165) is 11.1 Å². The van der Waals surface area contributed by atoms with Crippen LogP contribution in [-0.4, -0.2) is 58.1 Å². The number of hydrogen-bond donors (Lipinski definition) is 5. The molecule has 0 fully saturated rings. The average molecular weight is 542 g/mol. The lowest BCUT2D eigenvalue weighted by atomic mass is 9.85. The van der Waals surface area contributed by atoms with Gasteiger partial charge < -0.3 is 30.9 Å². The second-order valence-electron chi connectivity index (χ2n) is 11.9. The molecule has 0 spiro atoms. The van der Waals surface area contributed by atoms with Crippen LogP contribution in [0.15, 0.2) is 60.7 Å². The number of aliphatic hydroxyl groups excluding tert-OH is 1. The Kier molecular flexibility index (Phi) is 11.3. The zero-order valence-electron chi connectivity index (χ0n) is 23.7. The minimum absolute atomic E-state index is 0.123. The van der Waals surface area contributed by atoms with Crippen molar-refractivity contribution in [3.63, 3.8) is 0 Å². The quantitative estimate of drug-likeness (QED) is 0.288. The van der Waals surface area contributed by atoms with Crippen molar-refractivity contribution in [2.45, 2.75) is 90.6 Å². The first-order valence-corrected chi connectivity index (χ1v) is 13.2. The summed E-state index contributed by atoms with van der Waals surface area (Å²) in [5.41, 5.74) is 0.454. The summed E-state index contributed by atoms with van der Waals surface area (Å²) in [4.78, 5) is 37.3. The number of carbonyl (C=O) groups excluding carboxylic acids is 2. The van der Waals surface area contributed by atoms with Gasteiger partial charge in [-0.3, -0.25) is 4.79 Å². The number of nitrogens with one attached hydrogen (secondary N) is 3. The predicted molar refractivity (Wildman–Crippen MR) is 150 cm³/mol. The average Bonchev–Trinajstić information content (AvgIpc) is 2.81. The van der Waals surface area contributed by atoms with Gasteiger partial charge in [-0.05, 0) is 56.6 Å². The van der Waals surface area contributed by atoms with Crippen LogP contribution in [-0.2, 0) is 22.4 Å². The topological polar surface area (TPSA) is 137 Å². The number of alkyl carbamates (subject to hydrolysis) is 1. The number of carbonyl (C=O) groups is 3. The highest BCUT2D eigenvalue weighted by Crippen LogP contribution is 2.21. The lowest BCUT2D eigenvalue weighted by Gasteiger charge is -2.33. The molecule has 3 amide bonds. The van der Waals surface area contributed by atoms with Crippen molar-refractivity contribution in [1.29, 1.82) is 0 Å². The molecule has 0 saturated heterocycles. The molecule has 0 aliphatic heterocycles. The van der Waals surface area contributed by atoms with E-state index >= 15 is 0 Å². The lowest BCUT2D eigenvalue weighted by Crippen LogP contribution is -2.58. The number of rotatable bonds is 11. The fourth-order valence-corrected chi connectivity index (χ4v) is 4.24. The molecule has 9 nitrogen and oxygen atoms in total. The zero-order valence-corrected chi connectivity index (χ0v) is 23.7. The Bertz CT molecular complexity index is 1060. The van der Waals surface area contributed by atoms with Gasteiger partial charge in [-0.1, -0.05) is 81.4 Å². The predicted octanol–water partition coefficient (Wildman–Crippen LogP) is 4.28. The van der Waals surface area contributed by atoms with Crippen molar-refractivity contribution in [3.05, 3.63) is 71.8 Å². The Morgan fingerprint density at radius 2 is 1.31 bits per heavy atom. The van der Waals surface area contributed by atoms with Crippen LogP contribution < -0.4 is 16.0 Å². The molecular formula is C30H43N3O6. The van der Waals surface area contributed by atoms with Crippen LogP contribution in [0.2, 0.25) is 0 Å². The lowest BCUT2D eigenvalue weighted by molar-refractivity contribution is -0.127. The van der Waals surface area contributed by atoms with Crippen molar-refractivity contribution >= 4 is 18.1 Å². The van der Waals surface area contributed by atoms with Gasteiger partial charge >= 0.3 is 12.2 Å². The summed E-state index contributed by atoms with van der Waals surface area (Å²) < 4.78 is 5.45. The third kappa shape index (κ3) is 11.8. The maximum atomic E-state index is 13.3. The Morgan fingerprint density at radius 1 is 0.795 bits per heavy atom. The molecule has 0 saturated carbocycles. The minimum Gasteiger partial charge on any atom is -0.465 e. The van der Waals surface area contributed by atoms with Gasteiger partial charge in [0.2, 0.25) is 5.91 Å². The molecule has 5 N–H and O–H groups in total. The van der Waals surface area contributed by atoms with Gasteiger partial charge in [-0.15, -0.1) is 0 Å². The maximum Gasteiger partial charge on any atom is 0.407 e. The van der Waals surface area contributed by atoms with Crippen molar-refractivity contribution in [2.75, 3.05) is 0 Å². The molecule has 2 aromatic rings. The van der Waals surface area contributed by atoms with Crippen LogP contribution in [0.25, 0.3) is 0 Å². The molecule has 0 radical (unpaired) electrons. The van der Waals surface area contributed by atoms with E-state index in [2.05, 4.69) is 16.0 Å². The molecule has 2 rings (SSSR count). The first-order chi connectivity index (χ1) is 18.1. The van der Waals surface area contributed by atoms with Crippen molar-refractivity contribution in [3.8, 4) is 0 Å². The van der Waals surface area contributed by atoms with Gasteiger partial charge in [0.25, 0.3) is 0 Å². The van der Waals surface area contributed by atoms with Gasteiger partial charge in [-0.2, -0.15) is 0 Å². The number of amides is 3. The van der Waals surface area contributed by atoms with Crippen LogP contribution in [0.5, 0.6) is 0 Å². The second kappa shape index (κ2) is 14.0. The van der Waals surface area contributed by atoms with E-state index in [1.165, 1.54) is 0 Å². The van der Waals surface area contributed by atoms with E-state index < -0.39 is 53.3 Å². The van der Waals surface area contributed by atoms with Crippen LogP contribution in [0, 0.1) is 5.41 Å². The van der Waals surface area contributed by atoms with Gasteiger partial charge in [0.1, 0.15) is 11.6 Å². The van der Waals surface area contributed by atoms with Gasteiger partial charge in [0.15, 0.2) is 0 Å². The summed E-state index contributed by atoms with van der Waals surface area (Å²) in [6.07, 6.45) is -2.11. The SMILES string of the molecule is CC(C)(C)OC(=O)N[C@@H](Cc1ccccc1)C[C@H](O)[C@H](Cc1ccccc1)NC(=O)[C@@H](NC(=O)O)C(C)(C)C. The molecule has 0 unspecified atom stereocenters. The van der Waals surface area contributed by atoms with E-state index in [0.29, 0.717) is 12.8 Å². The standard InChI is InChI=1S/C30H43N3O6/c1-29(2,3)25(33-27(36)37)26(35)32-23(18-21-15-11-8-12-16-21)24(34)19-22(17-20-13-9-7-10-14-20)31-28(38)39-30(4,5)6/h7-16,22-25,33-34H,17-19H2,1-6H3,(H,31,38)(H,32,35)(H,36,37)/t22-,23-,24-,25+/m0/s1. The van der Waals surface area contributed by atoms with Crippen molar-refractivity contribution in [2.24, 2.45) is 5.41 Å². The summed E-state index contributed by atoms with van der Waals surface area (Å²) >= 11 is 0. The van der Waals surface area contributed by atoms with Gasteiger partial charge in [0, 0.05) is 6.04 Å². The first kappa shape index (κ1) is 31.6. The molecule has 39 heavy (non-hydrogen) atoms. The molecule has 2 aromatic carbocycles. The summed E-state index contributed by atoms with van der Waals surface area (Å²) in [5.74, 6) is -0.537. The highest BCUT2D eigenvalue weighted by Gasteiger charge is 2.35. The zero-order chi connectivity index (χ0) is 29.2. The van der Waals surface area contributed by atoms with Crippen molar-refractivity contribution in [1.82, 2.24) is 16.0 Å². The second-order valence-corrected chi connectivity index (χ2v) is 11.9. The Labute approximate surface area is 231 Å². The van der Waals surface area contributed by atoms with E-state index in [-0.39, 0.29) is 6.42 Å². The first-order valence-electron chi connectivity index (χ1n) is 13.2. The molecule has 4 atom stereocenters. The number of aliphatic hydroxyl groups is 1. The smallest absolute Gasteiger partial charge is 0.407 e. The molecule has 0 aliphatic carbocycles. The molecular weight excluding hydrogens is 498 g/mol. The Morgan fingerprint density at radius 3 is 1.77 bits per heavy atom. The van der Waals surface area contributed by atoms with Crippen LogP contribution in [0.4, 0.5) is 9.59 Å². The van der Waals surface area contributed by atoms with Crippen LogP contribution >= 0.6 is 0 Å². The van der Waals surface area contributed by atoms with E-state index in [1.54, 1.807) is 41.5 Å². The summed E-state index contributed by atoms with van der Waals surface area (Å²) in [7, 11) is 0. The Balaban J connectivity index is 2.30. The summed E-state index contributed by atoms with van der Waals surface area (Å²) in [5, 5.41) is 28.8.